The fourth-order valence-electron chi connectivity index (χ4n) is 2.98. The first kappa shape index (κ1) is 19.5. The van der Waals surface area contributed by atoms with Gasteiger partial charge in [0.25, 0.3) is 11.7 Å². The highest BCUT2D eigenvalue weighted by Crippen LogP contribution is 2.17. The standard InChI is InChI=1S/C20H19F2N3O3/c21-14-5-7-15(8-6-14)24-9-11-25(12-10-24)18(26)13-23-20(28)19(27)16-3-1-2-4-17(16)22/h1-8H,9-13H2,(H,23,28). The van der Waals surface area contributed by atoms with E-state index in [1.165, 1.54) is 30.3 Å². The van der Waals surface area contributed by atoms with E-state index >= 15 is 0 Å². The molecule has 2 aromatic rings. The molecule has 0 radical (unpaired) electrons. The van der Waals surface area contributed by atoms with Crippen LogP contribution in [-0.4, -0.2) is 55.2 Å². The zero-order valence-electron chi connectivity index (χ0n) is 15.0. The lowest BCUT2D eigenvalue weighted by Crippen LogP contribution is -2.51. The maximum atomic E-state index is 13.6. The monoisotopic (exact) mass is 387 g/mol. The van der Waals surface area contributed by atoms with Crippen molar-refractivity contribution < 1.29 is 23.2 Å². The van der Waals surface area contributed by atoms with Gasteiger partial charge in [-0.15, -0.1) is 0 Å². The van der Waals surface area contributed by atoms with Gasteiger partial charge in [-0.25, -0.2) is 8.78 Å². The zero-order chi connectivity index (χ0) is 20.1. The molecular formula is C20H19F2N3O3. The summed E-state index contributed by atoms with van der Waals surface area (Å²) >= 11 is 0. The summed E-state index contributed by atoms with van der Waals surface area (Å²) in [6.07, 6.45) is 0. The van der Waals surface area contributed by atoms with Crippen LogP contribution in [0.1, 0.15) is 10.4 Å². The Balaban J connectivity index is 1.48. The lowest BCUT2D eigenvalue weighted by Gasteiger charge is -2.36. The van der Waals surface area contributed by atoms with E-state index in [9.17, 15) is 23.2 Å². The number of carbonyl (C=O) groups is 3. The predicted octanol–water partition coefficient (Wildman–Crippen LogP) is 1.61. The van der Waals surface area contributed by atoms with E-state index in [0.717, 1.165) is 11.8 Å². The smallest absolute Gasteiger partial charge is 0.292 e. The van der Waals surface area contributed by atoms with Crippen LogP contribution in [0.25, 0.3) is 0 Å². The molecule has 2 amide bonds. The van der Waals surface area contributed by atoms with E-state index in [4.69, 9.17) is 0 Å². The van der Waals surface area contributed by atoms with Crippen LogP contribution >= 0.6 is 0 Å². The summed E-state index contributed by atoms with van der Waals surface area (Å²) in [6, 6.07) is 11.3. The van der Waals surface area contributed by atoms with E-state index in [2.05, 4.69) is 5.32 Å². The summed E-state index contributed by atoms with van der Waals surface area (Å²) < 4.78 is 26.6. The van der Waals surface area contributed by atoms with Gasteiger partial charge in [0.15, 0.2) is 0 Å². The highest BCUT2D eigenvalue weighted by molar-refractivity contribution is 6.43. The molecule has 8 heteroatoms. The van der Waals surface area contributed by atoms with E-state index in [1.807, 2.05) is 4.90 Å². The van der Waals surface area contributed by atoms with Crippen LogP contribution in [0.3, 0.4) is 0 Å². The van der Waals surface area contributed by atoms with Crippen LogP contribution in [-0.2, 0) is 9.59 Å². The van der Waals surface area contributed by atoms with Gasteiger partial charge in [-0.3, -0.25) is 14.4 Å². The average Bonchev–Trinajstić information content (AvgIpc) is 2.72. The number of ketones is 1. The molecule has 0 bridgehead atoms. The Morgan fingerprint density at radius 3 is 2.18 bits per heavy atom. The van der Waals surface area contributed by atoms with Gasteiger partial charge in [-0.1, -0.05) is 12.1 Å². The maximum Gasteiger partial charge on any atom is 0.292 e. The second kappa shape index (κ2) is 8.60. The number of Topliss-reactive ketones (excluding diaryl/α,β-unsaturated/α-hetero) is 1. The van der Waals surface area contributed by atoms with Crippen molar-refractivity contribution in [2.75, 3.05) is 37.6 Å². The first-order valence-corrected chi connectivity index (χ1v) is 8.81. The van der Waals surface area contributed by atoms with E-state index in [1.54, 1.807) is 17.0 Å². The second-order valence-corrected chi connectivity index (χ2v) is 6.34. The zero-order valence-corrected chi connectivity index (χ0v) is 15.0. The van der Waals surface area contributed by atoms with E-state index < -0.39 is 17.5 Å². The van der Waals surface area contributed by atoms with Gasteiger partial charge < -0.3 is 15.1 Å². The number of nitrogens with one attached hydrogen (secondary N) is 1. The van der Waals surface area contributed by atoms with E-state index in [-0.39, 0.29) is 23.8 Å². The molecule has 1 heterocycles. The fraction of sp³-hybridized carbons (Fsp3) is 0.250. The third-order valence-electron chi connectivity index (χ3n) is 4.55. The molecule has 6 nitrogen and oxygen atoms in total. The Morgan fingerprint density at radius 1 is 0.893 bits per heavy atom. The number of carbonyl (C=O) groups excluding carboxylic acids is 3. The summed E-state index contributed by atoms with van der Waals surface area (Å²) in [5.74, 6) is -3.46. The SMILES string of the molecule is O=C(NCC(=O)N1CCN(c2ccc(F)cc2)CC1)C(=O)c1ccccc1F. The number of rotatable bonds is 5. The molecule has 0 spiro atoms. The van der Waals surface area contributed by atoms with Crippen LogP contribution in [0.5, 0.6) is 0 Å². The summed E-state index contributed by atoms with van der Waals surface area (Å²) in [5.41, 5.74) is 0.539. The first-order chi connectivity index (χ1) is 13.5. The molecule has 0 aromatic heterocycles. The Kier molecular flexibility index (Phi) is 5.98. The number of hydrogen-bond donors (Lipinski definition) is 1. The Morgan fingerprint density at radius 2 is 1.54 bits per heavy atom. The number of nitrogens with zero attached hydrogens (tertiary/aromatic N) is 2. The lowest BCUT2D eigenvalue weighted by molar-refractivity contribution is -0.132. The molecular weight excluding hydrogens is 368 g/mol. The van der Waals surface area contributed by atoms with Crippen molar-refractivity contribution in [2.45, 2.75) is 0 Å². The molecule has 1 N–H and O–H groups in total. The minimum Gasteiger partial charge on any atom is -0.368 e. The number of hydrogen-bond acceptors (Lipinski definition) is 4. The van der Waals surface area contributed by atoms with Crippen molar-refractivity contribution in [1.29, 1.82) is 0 Å². The van der Waals surface area contributed by atoms with Crippen LogP contribution in [0.4, 0.5) is 14.5 Å². The van der Waals surface area contributed by atoms with Gasteiger partial charge in [0.2, 0.25) is 5.91 Å². The molecule has 0 aliphatic carbocycles. The quantitative estimate of drug-likeness (QED) is 0.625. The second-order valence-electron chi connectivity index (χ2n) is 6.34. The molecule has 146 valence electrons. The summed E-state index contributed by atoms with van der Waals surface area (Å²) in [4.78, 5) is 39.8. The van der Waals surface area contributed by atoms with Crippen LogP contribution in [0.2, 0.25) is 0 Å². The van der Waals surface area contributed by atoms with Gasteiger partial charge in [-0.05, 0) is 36.4 Å². The van der Waals surface area contributed by atoms with Crippen molar-refractivity contribution in [3.8, 4) is 0 Å². The maximum absolute atomic E-state index is 13.6. The number of anilines is 1. The van der Waals surface area contributed by atoms with Crippen molar-refractivity contribution in [2.24, 2.45) is 0 Å². The lowest BCUT2D eigenvalue weighted by atomic mass is 10.1. The topological polar surface area (TPSA) is 69.7 Å². The predicted molar refractivity (Wildman–Crippen MR) is 98.9 cm³/mol. The number of benzene rings is 2. The fourth-order valence-corrected chi connectivity index (χ4v) is 2.98. The Hall–Kier alpha value is -3.29. The first-order valence-electron chi connectivity index (χ1n) is 8.81. The largest absolute Gasteiger partial charge is 0.368 e. The summed E-state index contributed by atoms with van der Waals surface area (Å²) in [7, 11) is 0. The van der Waals surface area contributed by atoms with Gasteiger partial charge in [0.1, 0.15) is 11.6 Å². The van der Waals surface area contributed by atoms with Gasteiger partial charge in [0.05, 0.1) is 12.1 Å². The molecule has 28 heavy (non-hydrogen) atoms. The van der Waals surface area contributed by atoms with Crippen molar-refractivity contribution in [1.82, 2.24) is 10.2 Å². The van der Waals surface area contributed by atoms with Crippen molar-refractivity contribution in [3.63, 3.8) is 0 Å². The van der Waals surface area contributed by atoms with Crippen molar-refractivity contribution >= 4 is 23.3 Å². The summed E-state index contributed by atoms with van der Waals surface area (Å²) in [6.45, 7) is 1.68. The molecule has 1 fully saturated rings. The molecule has 0 saturated carbocycles. The highest BCUT2D eigenvalue weighted by Gasteiger charge is 2.24. The minimum absolute atomic E-state index is 0.307. The number of halogens is 2. The number of amides is 2. The molecule has 3 rings (SSSR count). The summed E-state index contributed by atoms with van der Waals surface area (Å²) in [5, 5.41) is 2.25. The molecule has 0 unspecified atom stereocenters. The third-order valence-corrected chi connectivity index (χ3v) is 4.55. The third kappa shape index (κ3) is 4.51. The van der Waals surface area contributed by atoms with Crippen molar-refractivity contribution in [3.05, 3.63) is 65.7 Å². The number of piperazine rings is 1. The molecule has 0 atom stereocenters. The molecule has 1 aliphatic rings. The van der Waals surface area contributed by atoms with Gasteiger partial charge in [0, 0.05) is 31.9 Å². The van der Waals surface area contributed by atoms with Gasteiger partial charge in [-0.2, -0.15) is 0 Å². The minimum atomic E-state index is -1.02. The molecule has 1 saturated heterocycles. The Bertz CT molecular complexity index is 879. The molecule has 2 aromatic carbocycles. The molecule has 1 aliphatic heterocycles. The normalized spacial score (nSPS) is 13.9. The van der Waals surface area contributed by atoms with E-state index in [0.29, 0.717) is 26.2 Å². The Labute approximate surface area is 160 Å². The average molecular weight is 387 g/mol. The van der Waals surface area contributed by atoms with Crippen LogP contribution in [0.15, 0.2) is 48.5 Å². The highest BCUT2D eigenvalue weighted by atomic mass is 19.1. The van der Waals surface area contributed by atoms with Crippen LogP contribution in [0, 0.1) is 11.6 Å². The van der Waals surface area contributed by atoms with Gasteiger partial charge >= 0.3 is 0 Å². The van der Waals surface area contributed by atoms with Crippen LogP contribution < -0.4 is 10.2 Å².